The molecule has 2 N–H and O–H groups in total. The van der Waals surface area contributed by atoms with Gasteiger partial charge in [-0.2, -0.15) is 10.1 Å². The molecule has 0 aromatic heterocycles. The summed E-state index contributed by atoms with van der Waals surface area (Å²) in [6.07, 6.45) is 5.60. The summed E-state index contributed by atoms with van der Waals surface area (Å²) >= 11 is 0. The van der Waals surface area contributed by atoms with E-state index < -0.39 is 0 Å². The van der Waals surface area contributed by atoms with E-state index in [1.807, 2.05) is 0 Å². The molecule has 0 bridgehead atoms. The second-order valence-corrected chi connectivity index (χ2v) is 3.79. The summed E-state index contributed by atoms with van der Waals surface area (Å²) in [5.74, 6) is 0. The van der Waals surface area contributed by atoms with Crippen LogP contribution in [0.2, 0.25) is 0 Å². The molecule has 1 heterocycles. The van der Waals surface area contributed by atoms with Crippen molar-refractivity contribution in [2.75, 3.05) is 6.67 Å². The van der Waals surface area contributed by atoms with Gasteiger partial charge in [-0.1, -0.05) is 19.3 Å². The number of nitrogens with zero attached hydrogens (tertiary/aromatic N) is 2. The summed E-state index contributed by atoms with van der Waals surface area (Å²) in [5.41, 5.74) is 0. The van der Waals surface area contributed by atoms with Crippen LogP contribution in [0.4, 0.5) is 0 Å². The lowest BCUT2D eigenvalue weighted by Crippen LogP contribution is -2.34. The molecule has 4 nitrogen and oxygen atoms in total. The number of fused-ring (bicyclic) bond motifs is 1. The average Bonchev–Trinajstić information content (AvgIpc) is 2.29. The molecule has 2 aliphatic rings. The van der Waals surface area contributed by atoms with E-state index in [2.05, 4.69) is 0 Å². The van der Waals surface area contributed by atoms with Gasteiger partial charge >= 0.3 is 0 Å². The van der Waals surface area contributed by atoms with E-state index in [0.717, 1.165) is 12.8 Å². The first kappa shape index (κ1) is 8.44. The molecule has 2 fully saturated rings. The summed E-state index contributed by atoms with van der Waals surface area (Å²) in [6.45, 7) is 0.287. The number of hydrogen-bond donors (Lipinski definition) is 2. The van der Waals surface area contributed by atoms with Crippen molar-refractivity contribution < 1.29 is 10.4 Å². The molecule has 0 aromatic rings. The van der Waals surface area contributed by atoms with Crippen LogP contribution < -0.4 is 0 Å². The maximum Gasteiger partial charge on any atom is 0.100 e. The van der Waals surface area contributed by atoms with Crippen molar-refractivity contribution in [1.82, 2.24) is 10.1 Å². The molecule has 1 aliphatic carbocycles. The van der Waals surface area contributed by atoms with Gasteiger partial charge in [-0.25, -0.2) is 0 Å². The van der Waals surface area contributed by atoms with E-state index in [9.17, 15) is 10.4 Å². The zero-order valence-electron chi connectivity index (χ0n) is 7.19. The normalized spacial score (nSPS) is 39.5. The van der Waals surface area contributed by atoms with Gasteiger partial charge in [-0.15, -0.1) is 0 Å². The molecule has 1 saturated carbocycles. The molecule has 0 amide bonds. The van der Waals surface area contributed by atoms with Crippen LogP contribution in [0.5, 0.6) is 0 Å². The Labute approximate surface area is 72.3 Å². The highest BCUT2D eigenvalue weighted by Gasteiger charge is 2.39. The Hall–Kier alpha value is -0.160. The van der Waals surface area contributed by atoms with Gasteiger partial charge in [0, 0.05) is 0 Å². The first-order valence-electron chi connectivity index (χ1n) is 4.70. The largest absolute Gasteiger partial charge is 0.312 e. The van der Waals surface area contributed by atoms with Crippen LogP contribution in [0.25, 0.3) is 0 Å². The van der Waals surface area contributed by atoms with Crippen LogP contribution in [0.3, 0.4) is 0 Å². The summed E-state index contributed by atoms with van der Waals surface area (Å²) in [6, 6.07) is 0.329. The van der Waals surface area contributed by atoms with Crippen LogP contribution in [0, 0.1) is 0 Å². The van der Waals surface area contributed by atoms with Crippen LogP contribution in [0.15, 0.2) is 0 Å². The maximum atomic E-state index is 9.45. The Morgan fingerprint density at radius 3 is 1.83 bits per heavy atom. The second-order valence-electron chi connectivity index (χ2n) is 3.79. The third-order valence-corrected chi connectivity index (χ3v) is 3.00. The standard InChI is InChI=1S/C8H16N2O2/c11-9-6-10(12)8-5-3-1-2-4-7(8)9/h7-8,11-12H,1-6H2. The summed E-state index contributed by atoms with van der Waals surface area (Å²) in [7, 11) is 0. The van der Waals surface area contributed by atoms with Gasteiger partial charge in [-0.3, -0.25) is 0 Å². The van der Waals surface area contributed by atoms with Gasteiger partial charge < -0.3 is 10.4 Å². The molecule has 70 valence electrons. The van der Waals surface area contributed by atoms with Crippen molar-refractivity contribution in [2.24, 2.45) is 0 Å². The first-order chi connectivity index (χ1) is 5.79. The monoisotopic (exact) mass is 172 g/mol. The Bertz CT molecular complexity index is 149. The number of hydrogen-bond acceptors (Lipinski definition) is 4. The molecule has 2 unspecified atom stereocenters. The van der Waals surface area contributed by atoms with Gasteiger partial charge in [-0.05, 0) is 12.8 Å². The molecule has 0 radical (unpaired) electrons. The topological polar surface area (TPSA) is 46.9 Å². The van der Waals surface area contributed by atoms with E-state index in [1.54, 1.807) is 0 Å². The van der Waals surface area contributed by atoms with Gasteiger partial charge in [0.05, 0.1) is 12.1 Å². The van der Waals surface area contributed by atoms with Crippen molar-refractivity contribution in [3.8, 4) is 0 Å². The zero-order valence-corrected chi connectivity index (χ0v) is 7.19. The fraction of sp³-hybridized carbons (Fsp3) is 1.00. The molecular weight excluding hydrogens is 156 g/mol. The van der Waals surface area contributed by atoms with Crippen LogP contribution in [0.1, 0.15) is 32.1 Å². The molecule has 2 atom stereocenters. The Morgan fingerprint density at radius 2 is 1.33 bits per heavy atom. The third-order valence-electron chi connectivity index (χ3n) is 3.00. The quantitative estimate of drug-likeness (QED) is 0.573. The lowest BCUT2D eigenvalue weighted by Gasteiger charge is -2.20. The van der Waals surface area contributed by atoms with Crippen LogP contribution in [-0.4, -0.2) is 39.3 Å². The highest BCUT2D eigenvalue weighted by Crippen LogP contribution is 2.29. The molecule has 12 heavy (non-hydrogen) atoms. The van der Waals surface area contributed by atoms with E-state index in [4.69, 9.17) is 0 Å². The summed E-state index contributed by atoms with van der Waals surface area (Å²) in [4.78, 5) is 0. The van der Waals surface area contributed by atoms with Crippen LogP contribution in [-0.2, 0) is 0 Å². The van der Waals surface area contributed by atoms with E-state index in [0.29, 0.717) is 0 Å². The minimum absolute atomic E-state index is 0.164. The average molecular weight is 172 g/mol. The minimum atomic E-state index is 0.164. The summed E-state index contributed by atoms with van der Waals surface area (Å²) < 4.78 is 0. The van der Waals surface area contributed by atoms with Crippen molar-refractivity contribution in [3.63, 3.8) is 0 Å². The Morgan fingerprint density at radius 1 is 0.833 bits per heavy atom. The SMILES string of the molecule is ON1CN(O)C2CCCCCC21. The fourth-order valence-corrected chi connectivity index (χ4v) is 2.32. The highest BCUT2D eigenvalue weighted by atomic mass is 16.6. The zero-order chi connectivity index (χ0) is 8.55. The van der Waals surface area contributed by atoms with Gasteiger partial charge in [0.25, 0.3) is 0 Å². The number of hydroxylamine groups is 4. The summed E-state index contributed by atoms with van der Waals surface area (Å²) in [5, 5.41) is 21.5. The predicted octanol–water partition coefficient (Wildman–Crippen LogP) is 1.04. The van der Waals surface area contributed by atoms with Crippen molar-refractivity contribution in [1.29, 1.82) is 0 Å². The first-order valence-corrected chi connectivity index (χ1v) is 4.70. The van der Waals surface area contributed by atoms with Gasteiger partial charge in [0.1, 0.15) is 6.67 Å². The second kappa shape index (κ2) is 3.30. The molecule has 1 saturated heterocycles. The van der Waals surface area contributed by atoms with E-state index in [1.165, 1.54) is 29.4 Å². The smallest absolute Gasteiger partial charge is 0.100 e. The fourth-order valence-electron chi connectivity index (χ4n) is 2.32. The minimum Gasteiger partial charge on any atom is -0.312 e. The molecular formula is C8H16N2O2. The van der Waals surface area contributed by atoms with Crippen molar-refractivity contribution >= 4 is 0 Å². The van der Waals surface area contributed by atoms with E-state index in [-0.39, 0.29) is 18.8 Å². The Balaban J connectivity index is 2.07. The lowest BCUT2D eigenvalue weighted by molar-refractivity contribution is -0.157. The third kappa shape index (κ3) is 1.35. The maximum absolute atomic E-state index is 9.45. The van der Waals surface area contributed by atoms with Gasteiger partial charge in [0.2, 0.25) is 0 Å². The Kier molecular flexibility index (Phi) is 2.32. The highest BCUT2D eigenvalue weighted by molar-refractivity contribution is 4.87. The predicted molar refractivity (Wildman–Crippen MR) is 42.8 cm³/mol. The van der Waals surface area contributed by atoms with Crippen molar-refractivity contribution in [2.45, 2.75) is 44.2 Å². The van der Waals surface area contributed by atoms with Crippen LogP contribution >= 0.6 is 0 Å². The molecule has 1 aliphatic heterocycles. The number of rotatable bonds is 0. The molecule has 0 aromatic carbocycles. The van der Waals surface area contributed by atoms with Crippen molar-refractivity contribution in [3.05, 3.63) is 0 Å². The molecule has 4 heteroatoms. The van der Waals surface area contributed by atoms with E-state index >= 15 is 0 Å². The lowest BCUT2D eigenvalue weighted by atomic mass is 10.1. The molecule has 2 rings (SSSR count). The molecule has 0 spiro atoms. The van der Waals surface area contributed by atoms with Gasteiger partial charge in [0.15, 0.2) is 0 Å².